The number of rotatable bonds is 7. The van der Waals surface area contributed by atoms with E-state index in [0.717, 1.165) is 0 Å². The van der Waals surface area contributed by atoms with Crippen molar-refractivity contribution in [3.8, 4) is 0 Å². The molecule has 0 spiro atoms. The van der Waals surface area contributed by atoms with Crippen molar-refractivity contribution in [3.63, 3.8) is 0 Å². The Kier molecular flexibility index (Phi) is 9.90. The highest BCUT2D eigenvalue weighted by Gasteiger charge is 2.57. The molecule has 2 nitrogen and oxygen atoms in total. The van der Waals surface area contributed by atoms with Crippen LogP contribution in [0.4, 0.5) is 0 Å². The maximum absolute atomic E-state index is 6.48. The molecule has 0 heterocycles. The molecule has 0 saturated heterocycles. The quantitative estimate of drug-likeness (QED) is 0.112. The molecule has 0 aliphatic heterocycles. The van der Waals surface area contributed by atoms with Crippen LogP contribution in [0.2, 0.25) is 10.1 Å². The Balaban J connectivity index is 6.44. The summed E-state index contributed by atoms with van der Waals surface area (Å²) in [6, 6.07) is 0. The van der Waals surface area contributed by atoms with Crippen molar-refractivity contribution in [2.45, 2.75) is 135 Å². The van der Waals surface area contributed by atoms with E-state index in [0.29, 0.717) is 0 Å². The Morgan fingerprint density at radius 1 is 0.412 bits per heavy atom. The Bertz CT molecular complexity index is 629. The third-order valence-electron chi connectivity index (χ3n) is 8.60. The van der Waals surface area contributed by atoms with Crippen LogP contribution >= 0.6 is 0 Å². The van der Waals surface area contributed by atoms with Gasteiger partial charge in [-0.25, -0.2) is 0 Å². The van der Waals surface area contributed by atoms with Gasteiger partial charge in [-0.1, -0.05) is 149 Å². The van der Waals surface area contributed by atoms with Gasteiger partial charge in [0.2, 0.25) is 19.5 Å². The highest BCUT2D eigenvalue weighted by Crippen LogP contribution is 2.66. The van der Waals surface area contributed by atoms with E-state index in [9.17, 15) is 0 Å². The van der Waals surface area contributed by atoms with E-state index in [1.54, 1.807) is 0 Å². The van der Waals surface area contributed by atoms with Crippen molar-refractivity contribution >= 4 is 19.5 Å². The first-order chi connectivity index (χ1) is 14.5. The summed E-state index contributed by atoms with van der Waals surface area (Å²) in [5.41, 5.74) is 2.59. The molecule has 0 unspecified atom stereocenters. The van der Waals surface area contributed by atoms with Crippen LogP contribution in [0.1, 0.15) is 125 Å². The van der Waals surface area contributed by atoms with Crippen LogP contribution in [0.5, 0.6) is 0 Å². The van der Waals surface area contributed by atoms with Gasteiger partial charge in [-0.3, -0.25) is 0 Å². The largest absolute Gasteiger partial charge is 0.305 e. The molecule has 0 aliphatic rings. The van der Waals surface area contributed by atoms with Gasteiger partial charge < -0.3 is 9.15 Å². The zero-order valence-electron chi connectivity index (χ0n) is 26.6. The van der Waals surface area contributed by atoms with E-state index in [4.69, 9.17) is 22.3 Å². The molecule has 0 fully saturated rings. The summed E-state index contributed by atoms with van der Waals surface area (Å²) in [7, 11) is -2.30. The molecule has 4 heteroatoms. The van der Waals surface area contributed by atoms with E-state index in [-0.39, 0.29) is 42.6 Å². The highest BCUT2D eigenvalue weighted by molar-refractivity contribution is 6.38. The van der Waals surface area contributed by atoms with Crippen molar-refractivity contribution in [1.82, 2.24) is 0 Å². The van der Waals surface area contributed by atoms with Crippen LogP contribution in [0, 0.1) is 32.5 Å². The SMILES string of the molecule is C=C(C(C)(C)C)C([SiH2]OO[SiH2]C(C(=C)C(C)(C)C)(C(C)(C)C)C(C)(C)C)(C(C)(C)C)C(C)(C)C. The molecule has 0 bridgehead atoms. The molecule has 202 valence electrons. The number of hydrogen-bond acceptors (Lipinski definition) is 2. The lowest BCUT2D eigenvalue weighted by molar-refractivity contribution is -0.118. The number of hydrogen-bond donors (Lipinski definition) is 0. The van der Waals surface area contributed by atoms with E-state index in [1.807, 2.05) is 0 Å². The summed E-state index contributed by atoms with van der Waals surface area (Å²) in [5, 5.41) is -0.250. The minimum Gasteiger partial charge on any atom is -0.305 e. The van der Waals surface area contributed by atoms with E-state index in [2.05, 4.69) is 125 Å². The molecular weight excluding hydrogens is 449 g/mol. The van der Waals surface area contributed by atoms with Crippen LogP contribution in [0.25, 0.3) is 0 Å². The average Bonchev–Trinajstić information content (AvgIpc) is 2.50. The zero-order valence-corrected chi connectivity index (χ0v) is 29.5. The van der Waals surface area contributed by atoms with Gasteiger partial charge in [0.1, 0.15) is 0 Å². The Hall–Kier alpha value is -0.166. The van der Waals surface area contributed by atoms with Gasteiger partial charge >= 0.3 is 0 Å². The van der Waals surface area contributed by atoms with Crippen LogP contribution in [0.3, 0.4) is 0 Å². The Morgan fingerprint density at radius 2 is 0.588 bits per heavy atom. The molecule has 0 N–H and O–H groups in total. The normalized spacial score (nSPS) is 16.2. The fourth-order valence-corrected chi connectivity index (χ4v) is 10.8. The molecule has 0 aromatic rings. The summed E-state index contributed by atoms with van der Waals surface area (Å²) in [6.45, 7) is 51.2. The van der Waals surface area contributed by atoms with Gasteiger partial charge in [0.25, 0.3) is 0 Å². The fraction of sp³-hybridized carbons (Fsp3) is 0.867. The third kappa shape index (κ3) is 6.39. The Morgan fingerprint density at radius 3 is 0.706 bits per heavy atom. The lowest BCUT2D eigenvalue weighted by Crippen LogP contribution is -2.51. The van der Waals surface area contributed by atoms with E-state index >= 15 is 0 Å². The molecule has 0 rings (SSSR count). The highest BCUT2D eigenvalue weighted by atomic mass is 28.2. The first kappa shape index (κ1) is 33.8. The summed E-state index contributed by atoms with van der Waals surface area (Å²) in [5.74, 6) is 0. The van der Waals surface area contributed by atoms with Gasteiger partial charge in [-0.05, 0) is 32.5 Å². The predicted octanol–water partition coefficient (Wildman–Crippen LogP) is 8.81. The lowest BCUT2D eigenvalue weighted by atomic mass is 9.58. The fourth-order valence-electron chi connectivity index (χ4n) is 6.64. The molecule has 0 aliphatic carbocycles. The molecule has 0 radical (unpaired) electrons. The molecular formula is C30H62O2Si2. The first-order valence-corrected chi connectivity index (χ1v) is 15.7. The van der Waals surface area contributed by atoms with Gasteiger partial charge in [0.05, 0.1) is 0 Å². The summed E-state index contributed by atoms with van der Waals surface area (Å²) >= 11 is 0. The maximum Gasteiger partial charge on any atom is 0.218 e. The van der Waals surface area contributed by atoms with Gasteiger partial charge in [-0.15, -0.1) is 0 Å². The molecule has 0 aromatic carbocycles. The lowest BCUT2D eigenvalue weighted by Gasteiger charge is -2.58. The molecule has 0 atom stereocenters. The van der Waals surface area contributed by atoms with Crippen molar-refractivity contribution < 1.29 is 9.15 Å². The van der Waals surface area contributed by atoms with Gasteiger partial charge in [-0.2, -0.15) is 0 Å². The second kappa shape index (κ2) is 9.95. The monoisotopic (exact) mass is 510 g/mol. The van der Waals surface area contributed by atoms with Crippen molar-refractivity contribution in [1.29, 1.82) is 0 Å². The second-order valence-corrected chi connectivity index (χ2v) is 20.0. The van der Waals surface area contributed by atoms with Crippen molar-refractivity contribution in [3.05, 3.63) is 24.3 Å². The van der Waals surface area contributed by atoms with Gasteiger partial charge in [0, 0.05) is 10.1 Å². The summed E-state index contributed by atoms with van der Waals surface area (Å²) in [4.78, 5) is 0. The average molecular weight is 511 g/mol. The number of allylic oxidation sites excluding steroid dienone is 2. The standard InChI is InChI=1S/C30H62O2Si2/c1-21(23(3,4)5)29(25(9,10)11,26(12,13)14)33-31-32-34-30(27(15,16)17,28(18,19)20)22(2)24(6,7)8/h1-2,33-34H2,3-20H3. The molecule has 0 saturated carbocycles. The van der Waals surface area contributed by atoms with Crippen molar-refractivity contribution in [2.24, 2.45) is 32.5 Å². The maximum atomic E-state index is 6.48. The molecule has 0 amide bonds. The third-order valence-corrected chi connectivity index (χ3v) is 15.5. The first-order valence-electron chi connectivity index (χ1n) is 13.2. The van der Waals surface area contributed by atoms with Crippen molar-refractivity contribution in [2.75, 3.05) is 0 Å². The minimum atomic E-state index is -1.15. The smallest absolute Gasteiger partial charge is 0.218 e. The van der Waals surface area contributed by atoms with Crippen LogP contribution in [0.15, 0.2) is 24.3 Å². The van der Waals surface area contributed by atoms with Gasteiger partial charge in [0.15, 0.2) is 0 Å². The zero-order chi connectivity index (χ0) is 28.0. The molecule has 0 aromatic heterocycles. The second-order valence-electron chi connectivity index (χ2n) is 16.8. The van der Waals surface area contributed by atoms with Crippen LogP contribution in [-0.2, 0) is 9.15 Å². The van der Waals surface area contributed by atoms with Crippen LogP contribution in [-0.4, -0.2) is 19.5 Å². The predicted molar refractivity (Wildman–Crippen MR) is 160 cm³/mol. The summed E-state index contributed by atoms with van der Waals surface area (Å²) < 4.78 is 13.0. The topological polar surface area (TPSA) is 18.5 Å². The summed E-state index contributed by atoms with van der Waals surface area (Å²) in [6.07, 6.45) is 0. The van der Waals surface area contributed by atoms with Crippen LogP contribution < -0.4 is 0 Å². The van der Waals surface area contributed by atoms with E-state index in [1.165, 1.54) is 11.1 Å². The Labute approximate surface area is 219 Å². The minimum absolute atomic E-state index is 0.00452. The van der Waals surface area contributed by atoms with E-state index < -0.39 is 19.5 Å². The molecule has 34 heavy (non-hydrogen) atoms.